The maximum absolute atomic E-state index is 10.3. The standard InChI is InChI=1S/C16H17BrO2/c1-19-11-12-6-8-13(9-7-12)16(18)10-14-4-2-3-5-15(14)17/h2-9,16,18H,10-11H2,1H3. The van der Waals surface area contributed by atoms with Gasteiger partial charge in [0.1, 0.15) is 0 Å². The summed E-state index contributed by atoms with van der Waals surface area (Å²) in [5.41, 5.74) is 3.14. The zero-order valence-corrected chi connectivity index (χ0v) is 12.4. The first kappa shape index (κ1) is 14.3. The van der Waals surface area contributed by atoms with Crippen molar-refractivity contribution in [3.8, 4) is 0 Å². The molecule has 0 aliphatic heterocycles. The molecule has 3 heteroatoms. The van der Waals surface area contributed by atoms with Crippen LogP contribution >= 0.6 is 15.9 Å². The molecule has 0 aliphatic carbocycles. The van der Waals surface area contributed by atoms with Crippen LogP contribution in [0.4, 0.5) is 0 Å². The molecule has 0 bridgehead atoms. The third-order valence-corrected chi connectivity index (χ3v) is 3.82. The Balaban J connectivity index is 2.07. The summed E-state index contributed by atoms with van der Waals surface area (Å²) >= 11 is 3.50. The van der Waals surface area contributed by atoms with Gasteiger partial charge in [-0.05, 0) is 22.8 Å². The minimum Gasteiger partial charge on any atom is -0.388 e. The zero-order valence-electron chi connectivity index (χ0n) is 10.8. The first-order chi connectivity index (χ1) is 9.20. The predicted octanol–water partition coefficient (Wildman–Crippen LogP) is 3.87. The second kappa shape index (κ2) is 6.85. The monoisotopic (exact) mass is 320 g/mol. The lowest BCUT2D eigenvalue weighted by molar-refractivity contribution is 0.177. The highest BCUT2D eigenvalue weighted by Crippen LogP contribution is 2.24. The molecular weight excluding hydrogens is 304 g/mol. The van der Waals surface area contributed by atoms with Gasteiger partial charge in [0.15, 0.2) is 0 Å². The molecule has 1 unspecified atom stereocenters. The minimum atomic E-state index is -0.490. The van der Waals surface area contributed by atoms with Crippen LogP contribution in [0.15, 0.2) is 53.0 Å². The van der Waals surface area contributed by atoms with Crippen LogP contribution in [-0.2, 0) is 17.8 Å². The summed E-state index contributed by atoms with van der Waals surface area (Å²) in [4.78, 5) is 0. The number of aliphatic hydroxyl groups excluding tert-OH is 1. The second-order valence-corrected chi connectivity index (χ2v) is 5.34. The maximum Gasteiger partial charge on any atom is 0.0830 e. The van der Waals surface area contributed by atoms with E-state index in [0.29, 0.717) is 13.0 Å². The fourth-order valence-corrected chi connectivity index (χ4v) is 2.44. The molecular formula is C16H17BrO2. The third-order valence-electron chi connectivity index (χ3n) is 3.05. The maximum atomic E-state index is 10.3. The topological polar surface area (TPSA) is 29.5 Å². The lowest BCUT2D eigenvalue weighted by atomic mass is 10.0. The van der Waals surface area contributed by atoms with E-state index in [1.165, 1.54) is 0 Å². The van der Waals surface area contributed by atoms with Crippen molar-refractivity contribution < 1.29 is 9.84 Å². The molecule has 0 heterocycles. The van der Waals surface area contributed by atoms with Gasteiger partial charge in [0.2, 0.25) is 0 Å². The lowest BCUT2D eigenvalue weighted by Crippen LogP contribution is -2.02. The van der Waals surface area contributed by atoms with Crippen LogP contribution < -0.4 is 0 Å². The molecule has 0 aromatic heterocycles. The summed E-state index contributed by atoms with van der Waals surface area (Å²) in [6.07, 6.45) is 0.112. The Labute approximate surface area is 122 Å². The van der Waals surface area contributed by atoms with Crippen molar-refractivity contribution in [1.29, 1.82) is 0 Å². The first-order valence-electron chi connectivity index (χ1n) is 6.20. The van der Waals surface area contributed by atoms with Crippen LogP contribution in [0.1, 0.15) is 22.8 Å². The van der Waals surface area contributed by atoms with Crippen LogP contribution in [0.25, 0.3) is 0 Å². The van der Waals surface area contributed by atoms with Crippen molar-refractivity contribution in [1.82, 2.24) is 0 Å². The normalized spacial score (nSPS) is 12.4. The van der Waals surface area contributed by atoms with E-state index < -0.39 is 6.10 Å². The fraction of sp³-hybridized carbons (Fsp3) is 0.250. The summed E-state index contributed by atoms with van der Waals surface area (Å²) in [7, 11) is 1.68. The summed E-state index contributed by atoms with van der Waals surface area (Å²) in [5.74, 6) is 0. The molecule has 1 N–H and O–H groups in total. The predicted molar refractivity (Wildman–Crippen MR) is 80.0 cm³/mol. The van der Waals surface area contributed by atoms with Crippen LogP contribution in [-0.4, -0.2) is 12.2 Å². The van der Waals surface area contributed by atoms with E-state index in [1.54, 1.807) is 7.11 Å². The molecule has 0 saturated heterocycles. The Morgan fingerprint density at radius 2 is 1.79 bits per heavy atom. The Morgan fingerprint density at radius 1 is 1.11 bits per heavy atom. The Hall–Kier alpha value is -1.16. The van der Waals surface area contributed by atoms with Gasteiger partial charge >= 0.3 is 0 Å². The van der Waals surface area contributed by atoms with Crippen LogP contribution in [0.5, 0.6) is 0 Å². The quantitative estimate of drug-likeness (QED) is 0.906. The average Bonchev–Trinajstić information content (AvgIpc) is 2.42. The smallest absolute Gasteiger partial charge is 0.0830 e. The van der Waals surface area contributed by atoms with Gasteiger partial charge in [-0.1, -0.05) is 58.4 Å². The van der Waals surface area contributed by atoms with Gasteiger partial charge in [-0.25, -0.2) is 0 Å². The SMILES string of the molecule is COCc1ccc(C(O)Cc2ccccc2Br)cc1. The molecule has 0 spiro atoms. The number of halogens is 1. The highest BCUT2D eigenvalue weighted by Gasteiger charge is 2.10. The van der Waals surface area contributed by atoms with Gasteiger partial charge in [-0.2, -0.15) is 0 Å². The highest BCUT2D eigenvalue weighted by atomic mass is 79.9. The van der Waals surface area contributed by atoms with Gasteiger partial charge < -0.3 is 9.84 Å². The minimum absolute atomic E-state index is 0.490. The van der Waals surface area contributed by atoms with Gasteiger partial charge in [-0.15, -0.1) is 0 Å². The largest absolute Gasteiger partial charge is 0.388 e. The van der Waals surface area contributed by atoms with Crippen molar-refractivity contribution in [3.05, 3.63) is 69.7 Å². The molecule has 0 amide bonds. The molecule has 2 nitrogen and oxygen atoms in total. The number of methoxy groups -OCH3 is 1. The number of benzene rings is 2. The zero-order chi connectivity index (χ0) is 13.7. The molecule has 2 aromatic rings. The molecule has 2 aromatic carbocycles. The number of hydrogen-bond acceptors (Lipinski definition) is 2. The van der Waals surface area contributed by atoms with E-state index in [9.17, 15) is 5.11 Å². The van der Waals surface area contributed by atoms with E-state index >= 15 is 0 Å². The van der Waals surface area contributed by atoms with E-state index in [4.69, 9.17) is 4.74 Å². The number of rotatable bonds is 5. The van der Waals surface area contributed by atoms with E-state index in [-0.39, 0.29) is 0 Å². The Morgan fingerprint density at radius 3 is 2.42 bits per heavy atom. The van der Waals surface area contributed by atoms with E-state index in [1.807, 2.05) is 48.5 Å². The molecule has 0 fully saturated rings. The molecule has 2 rings (SSSR count). The highest BCUT2D eigenvalue weighted by molar-refractivity contribution is 9.10. The third kappa shape index (κ3) is 3.90. The average molecular weight is 321 g/mol. The van der Waals surface area contributed by atoms with Crippen molar-refractivity contribution in [3.63, 3.8) is 0 Å². The lowest BCUT2D eigenvalue weighted by Gasteiger charge is -2.13. The van der Waals surface area contributed by atoms with E-state index in [2.05, 4.69) is 15.9 Å². The summed E-state index contributed by atoms with van der Waals surface area (Å²) < 4.78 is 6.10. The first-order valence-corrected chi connectivity index (χ1v) is 6.99. The summed E-state index contributed by atoms with van der Waals surface area (Å²) in [5, 5.41) is 10.3. The van der Waals surface area contributed by atoms with Crippen LogP contribution in [0, 0.1) is 0 Å². The Bertz CT molecular complexity index is 523. The van der Waals surface area contributed by atoms with Gasteiger partial charge in [-0.3, -0.25) is 0 Å². The van der Waals surface area contributed by atoms with Gasteiger partial charge in [0, 0.05) is 18.0 Å². The number of aliphatic hydroxyl groups is 1. The van der Waals surface area contributed by atoms with Crippen LogP contribution in [0.3, 0.4) is 0 Å². The summed E-state index contributed by atoms with van der Waals surface area (Å²) in [6, 6.07) is 15.8. The van der Waals surface area contributed by atoms with Gasteiger partial charge in [0.05, 0.1) is 12.7 Å². The molecule has 0 aliphatic rings. The van der Waals surface area contributed by atoms with Crippen molar-refractivity contribution >= 4 is 15.9 Å². The fourth-order valence-electron chi connectivity index (χ4n) is 1.99. The van der Waals surface area contributed by atoms with Crippen LogP contribution in [0.2, 0.25) is 0 Å². The van der Waals surface area contributed by atoms with Crippen molar-refractivity contribution in [2.75, 3.05) is 7.11 Å². The summed E-state index contributed by atoms with van der Waals surface area (Å²) in [6.45, 7) is 0.598. The molecule has 1 atom stereocenters. The van der Waals surface area contributed by atoms with Crippen molar-refractivity contribution in [2.24, 2.45) is 0 Å². The number of ether oxygens (including phenoxy) is 1. The second-order valence-electron chi connectivity index (χ2n) is 4.49. The van der Waals surface area contributed by atoms with E-state index in [0.717, 1.165) is 21.2 Å². The molecule has 100 valence electrons. The molecule has 0 saturated carbocycles. The number of hydrogen-bond donors (Lipinski definition) is 1. The van der Waals surface area contributed by atoms with Gasteiger partial charge in [0.25, 0.3) is 0 Å². The Kier molecular flexibility index (Phi) is 5.14. The van der Waals surface area contributed by atoms with Crippen molar-refractivity contribution in [2.45, 2.75) is 19.1 Å². The molecule has 19 heavy (non-hydrogen) atoms. The molecule has 0 radical (unpaired) electrons.